The van der Waals surface area contributed by atoms with Gasteiger partial charge in [-0.2, -0.15) is 11.8 Å². The van der Waals surface area contributed by atoms with Crippen LogP contribution in [0.5, 0.6) is 0 Å². The molecule has 9 heteroatoms. The molecule has 0 aliphatic rings. The predicted molar refractivity (Wildman–Crippen MR) is 121 cm³/mol. The minimum absolute atomic E-state index is 0.126. The summed E-state index contributed by atoms with van der Waals surface area (Å²) in [5.74, 6) is -0.0257. The van der Waals surface area contributed by atoms with Crippen molar-refractivity contribution in [2.75, 3.05) is 12.8 Å². The first-order chi connectivity index (χ1) is 14.5. The van der Waals surface area contributed by atoms with E-state index in [1.165, 1.54) is 7.05 Å². The Labute approximate surface area is 188 Å². The van der Waals surface area contributed by atoms with Gasteiger partial charge in [-0.25, -0.2) is 4.79 Å². The number of hydrogen-bond donors (Lipinski definition) is 4. The molecule has 31 heavy (non-hydrogen) atoms. The highest BCUT2D eigenvalue weighted by Gasteiger charge is 2.38. The number of benzene rings is 1. The van der Waals surface area contributed by atoms with Crippen molar-refractivity contribution in [3.05, 3.63) is 35.9 Å². The number of thioether (sulfide) groups is 1. The fraction of sp³-hybridized carbons (Fsp3) is 0.591. The van der Waals surface area contributed by atoms with E-state index in [0.29, 0.717) is 12.2 Å². The van der Waals surface area contributed by atoms with Crippen LogP contribution in [0.15, 0.2) is 30.3 Å². The summed E-state index contributed by atoms with van der Waals surface area (Å²) in [7, 11) is 1.45. The van der Waals surface area contributed by atoms with Gasteiger partial charge in [-0.1, -0.05) is 58.0 Å². The molecule has 0 unspecified atom stereocenters. The van der Waals surface area contributed by atoms with Crippen LogP contribution in [0.2, 0.25) is 0 Å². The highest BCUT2D eigenvalue weighted by Crippen LogP contribution is 2.28. The van der Waals surface area contributed by atoms with Crippen LogP contribution in [0, 0.1) is 11.3 Å². The number of urea groups is 1. The topological polar surface area (TPSA) is 119 Å². The van der Waals surface area contributed by atoms with Crippen molar-refractivity contribution in [1.82, 2.24) is 15.7 Å². The van der Waals surface area contributed by atoms with Gasteiger partial charge >= 0.3 is 6.03 Å². The fourth-order valence-electron chi connectivity index (χ4n) is 2.89. The summed E-state index contributed by atoms with van der Waals surface area (Å²) in [4.78, 5) is 37.1. The molecule has 1 aromatic carbocycles. The molecule has 0 aliphatic carbocycles. The maximum absolute atomic E-state index is 12.5. The first-order valence-electron chi connectivity index (χ1n) is 10.3. The van der Waals surface area contributed by atoms with E-state index in [0.717, 1.165) is 11.3 Å². The normalized spacial score (nSPS) is 13.4. The van der Waals surface area contributed by atoms with Crippen molar-refractivity contribution in [2.24, 2.45) is 11.3 Å². The second-order valence-corrected chi connectivity index (χ2v) is 9.59. The van der Waals surface area contributed by atoms with Crippen LogP contribution in [0.25, 0.3) is 0 Å². The van der Waals surface area contributed by atoms with Crippen LogP contribution >= 0.6 is 11.8 Å². The molecule has 0 aromatic heterocycles. The maximum Gasteiger partial charge on any atom is 0.349 e. The van der Waals surface area contributed by atoms with Gasteiger partial charge in [0.1, 0.15) is 12.1 Å². The van der Waals surface area contributed by atoms with Gasteiger partial charge in [-0.15, -0.1) is 5.06 Å². The molecule has 0 spiro atoms. The number of aliphatic hydroxyl groups is 1. The standard InChI is InChI=1S/C22H35N3O5S/c1-15(2)11-12-17(26)20(28)25(30)21(29)24-18(19(27)23-5)22(3,4)14-31-13-16-9-7-6-8-10-16/h6-10,15,17-18,26,30H,11-14H2,1-5H3,(H,23,27)(H,24,29)/t17-,18+/m0/s1. The zero-order valence-electron chi connectivity index (χ0n) is 18.9. The van der Waals surface area contributed by atoms with Gasteiger partial charge in [0.2, 0.25) is 5.91 Å². The third kappa shape index (κ3) is 8.88. The summed E-state index contributed by atoms with van der Waals surface area (Å²) in [6, 6.07) is 7.73. The van der Waals surface area contributed by atoms with Gasteiger partial charge in [0.15, 0.2) is 0 Å². The fourth-order valence-corrected chi connectivity index (χ4v) is 4.11. The summed E-state index contributed by atoms with van der Waals surface area (Å²) in [5.41, 5.74) is 0.460. The van der Waals surface area contributed by atoms with Crippen LogP contribution in [0.1, 0.15) is 46.1 Å². The van der Waals surface area contributed by atoms with Crippen molar-refractivity contribution in [1.29, 1.82) is 0 Å². The number of amides is 4. The summed E-state index contributed by atoms with van der Waals surface area (Å²) >= 11 is 1.61. The van der Waals surface area contributed by atoms with Crippen LogP contribution < -0.4 is 10.6 Å². The Hall–Kier alpha value is -2.10. The van der Waals surface area contributed by atoms with E-state index in [4.69, 9.17) is 0 Å². The molecule has 0 bridgehead atoms. The van der Waals surface area contributed by atoms with Crippen molar-refractivity contribution < 1.29 is 24.7 Å². The number of hydroxylamine groups is 2. The minimum atomic E-state index is -1.49. The smallest absolute Gasteiger partial charge is 0.349 e. The summed E-state index contributed by atoms with van der Waals surface area (Å²) < 4.78 is 0. The highest BCUT2D eigenvalue weighted by atomic mass is 32.2. The Morgan fingerprint density at radius 1 is 1.13 bits per heavy atom. The number of carbonyl (C=O) groups is 3. The van der Waals surface area contributed by atoms with Gasteiger partial charge < -0.3 is 15.7 Å². The van der Waals surface area contributed by atoms with Crippen LogP contribution in [0.4, 0.5) is 4.79 Å². The molecule has 174 valence electrons. The molecule has 0 saturated heterocycles. The lowest BCUT2D eigenvalue weighted by atomic mass is 9.86. The average molecular weight is 454 g/mol. The van der Waals surface area contributed by atoms with Crippen LogP contribution in [-0.4, -0.2) is 58.2 Å². The number of imide groups is 1. The van der Waals surface area contributed by atoms with Crippen molar-refractivity contribution in [3.63, 3.8) is 0 Å². The van der Waals surface area contributed by atoms with E-state index in [1.807, 2.05) is 58.0 Å². The molecule has 1 rings (SSSR count). The van der Waals surface area contributed by atoms with E-state index in [-0.39, 0.29) is 17.4 Å². The molecule has 0 fully saturated rings. The molecule has 4 amide bonds. The lowest BCUT2D eigenvalue weighted by molar-refractivity contribution is -0.163. The number of aliphatic hydroxyl groups excluding tert-OH is 1. The van der Waals surface area contributed by atoms with Gasteiger partial charge in [0, 0.05) is 24.0 Å². The molecule has 0 aliphatic heterocycles. The third-order valence-corrected chi connectivity index (χ3v) is 6.33. The Morgan fingerprint density at radius 2 is 1.74 bits per heavy atom. The largest absolute Gasteiger partial charge is 0.383 e. The first-order valence-corrected chi connectivity index (χ1v) is 11.5. The monoisotopic (exact) mass is 453 g/mol. The number of carbonyl (C=O) groups excluding carboxylic acids is 3. The molecule has 1 aromatic rings. The summed E-state index contributed by atoms with van der Waals surface area (Å²) in [5, 5.41) is 24.7. The average Bonchev–Trinajstić information content (AvgIpc) is 2.74. The van der Waals surface area contributed by atoms with Crippen LogP contribution in [0.3, 0.4) is 0 Å². The van der Waals surface area contributed by atoms with Crippen molar-refractivity contribution >= 4 is 29.6 Å². The van der Waals surface area contributed by atoms with E-state index in [9.17, 15) is 24.7 Å². The van der Waals surface area contributed by atoms with Crippen LogP contribution in [-0.2, 0) is 15.3 Å². The second kappa shape index (κ2) is 12.7. The van der Waals surface area contributed by atoms with Crippen molar-refractivity contribution in [2.45, 2.75) is 58.4 Å². The number of hydrogen-bond acceptors (Lipinski definition) is 6. The summed E-state index contributed by atoms with van der Waals surface area (Å²) in [6.07, 6.45) is -0.804. The molecule has 0 heterocycles. The quantitative estimate of drug-likeness (QED) is 0.302. The van der Waals surface area contributed by atoms with E-state index < -0.39 is 35.4 Å². The zero-order valence-corrected chi connectivity index (χ0v) is 19.7. The molecule has 8 nitrogen and oxygen atoms in total. The highest BCUT2D eigenvalue weighted by molar-refractivity contribution is 7.98. The lowest BCUT2D eigenvalue weighted by Gasteiger charge is -2.34. The predicted octanol–water partition coefficient (Wildman–Crippen LogP) is 2.79. The lowest BCUT2D eigenvalue weighted by Crippen LogP contribution is -2.58. The number of likely N-dealkylation sites (N-methyl/N-ethyl adjacent to an activating group) is 1. The van der Waals surface area contributed by atoms with E-state index in [1.54, 1.807) is 11.8 Å². The number of nitrogens with zero attached hydrogens (tertiary/aromatic N) is 1. The van der Waals surface area contributed by atoms with Crippen molar-refractivity contribution in [3.8, 4) is 0 Å². The SMILES string of the molecule is CNC(=O)[C@@H](NC(=O)N(O)C(=O)[C@@H](O)CCC(C)C)C(C)(C)CSCc1ccccc1. The zero-order chi connectivity index (χ0) is 23.6. The van der Waals surface area contributed by atoms with Gasteiger partial charge in [-0.05, 0) is 24.3 Å². The Balaban J connectivity index is 2.77. The second-order valence-electron chi connectivity index (χ2n) is 8.60. The molecule has 0 saturated carbocycles. The first kappa shape index (κ1) is 26.9. The van der Waals surface area contributed by atoms with E-state index in [2.05, 4.69) is 10.6 Å². The molecular weight excluding hydrogens is 418 g/mol. The van der Waals surface area contributed by atoms with Gasteiger partial charge in [0.05, 0.1) is 0 Å². The minimum Gasteiger partial charge on any atom is -0.383 e. The Bertz CT molecular complexity index is 727. The van der Waals surface area contributed by atoms with E-state index >= 15 is 0 Å². The molecule has 0 radical (unpaired) electrons. The molecule has 2 atom stereocenters. The third-order valence-electron chi connectivity index (χ3n) is 4.85. The van der Waals surface area contributed by atoms with Gasteiger partial charge in [0.25, 0.3) is 5.91 Å². The number of rotatable bonds is 11. The molecular formula is C22H35N3O5S. The maximum atomic E-state index is 12.5. The molecule has 4 N–H and O–H groups in total. The van der Waals surface area contributed by atoms with Gasteiger partial charge in [-0.3, -0.25) is 14.8 Å². The number of nitrogens with one attached hydrogen (secondary N) is 2. The Kier molecular flexibility index (Phi) is 11.0. The Morgan fingerprint density at radius 3 is 2.29 bits per heavy atom. The summed E-state index contributed by atoms with van der Waals surface area (Å²) in [6.45, 7) is 7.53.